The topological polar surface area (TPSA) is 82.3 Å². The van der Waals surface area contributed by atoms with E-state index in [1.807, 2.05) is 32.0 Å². The normalized spacial score (nSPS) is 16.6. The average molecular weight is 407 g/mol. The highest BCUT2D eigenvalue weighted by molar-refractivity contribution is 7.19. The van der Waals surface area contributed by atoms with Crippen molar-refractivity contribution in [2.75, 3.05) is 31.3 Å². The van der Waals surface area contributed by atoms with Gasteiger partial charge in [0, 0.05) is 23.5 Å². The van der Waals surface area contributed by atoms with Crippen LogP contribution in [0.25, 0.3) is 21.7 Å². The van der Waals surface area contributed by atoms with Crippen LogP contribution in [0.2, 0.25) is 0 Å². The van der Waals surface area contributed by atoms with Crippen molar-refractivity contribution in [3.8, 4) is 27.8 Å². The van der Waals surface area contributed by atoms with Crippen molar-refractivity contribution in [2.45, 2.75) is 19.9 Å². The lowest BCUT2D eigenvalue weighted by Gasteiger charge is -2.34. The van der Waals surface area contributed by atoms with E-state index in [-0.39, 0.29) is 12.6 Å². The smallest absolute Gasteiger partial charge is 0.186 e. The Morgan fingerprint density at radius 2 is 2.00 bits per heavy atom. The highest BCUT2D eigenvalue weighted by atomic mass is 32.1. The number of ether oxygens (including phenoxy) is 1. The standard InChI is InChI=1S/C22H22N4O2S/c1-14-8-18(9-15(2)24-14)21-20(17-5-3-4-16(10-17)11-23)25-22(29-21)26-6-7-28-13-19(26)12-27/h3-5,8-10,19,27H,6-7,12-13H2,1-2H3/t19-/m0/s1. The lowest BCUT2D eigenvalue weighted by atomic mass is 10.0. The summed E-state index contributed by atoms with van der Waals surface area (Å²) in [5.41, 5.74) is 5.31. The van der Waals surface area contributed by atoms with Crippen LogP contribution in [-0.2, 0) is 4.74 Å². The van der Waals surface area contributed by atoms with E-state index in [0.717, 1.165) is 38.2 Å². The van der Waals surface area contributed by atoms with Gasteiger partial charge in [0.25, 0.3) is 0 Å². The number of rotatable bonds is 4. The molecule has 1 fully saturated rings. The minimum Gasteiger partial charge on any atom is -0.394 e. The largest absolute Gasteiger partial charge is 0.394 e. The highest BCUT2D eigenvalue weighted by Gasteiger charge is 2.27. The Balaban J connectivity index is 1.87. The van der Waals surface area contributed by atoms with Crippen LogP contribution in [0, 0.1) is 25.2 Å². The van der Waals surface area contributed by atoms with Crippen molar-refractivity contribution < 1.29 is 9.84 Å². The molecule has 7 heteroatoms. The highest BCUT2D eigenvalue weighted by Crippen LogP contribution is 2.41. The van der Waals surface area contributed by atoms with Crippen molar-refractivity contribution in [3.63, 3.8) is 0 Å². The first-order chi connectivity index (χ1) is 14.1. The fourth-order valence-corrected chi connectivity index (χ4v) is 4.76. The van der Waals surface area contributed by atoms with E-state index in [2.05, 4.69) is 28.1 Å². The number of hydrogen-bond acceptors (Lipinski definition) is 7. The van der Waals surface area contributed by atoms with Crippen LogP contribution in [0.5, 0.6) is 0 Å². The van der Waals surface area contributed by atoms with E-state index >= 15 is 0 Å². The maximum absolute atomic E-state index is 9.78. The summed E-state index contributed by atoms with van der Waals surface area (Å²) in [7, 11) is 0. The maximum Gasteiger partial charge on any atom is 0.186 e. The first kappa shape index (κ1) is 19.5. The summed E-state index contributed by atoms with van der Waals surface area (Å²) in [5, 5.41) is 20.0. The van der Waals surface area contributed by atoms with Gasteiger partial charge in [0.05, 0.1) is 48.1 Å². The van der Waals surface area contributed by atoms with Gasteiger partial charge < -0.3 is 14.7 Å². The van der Waals surface area contributed by atoms with Crippen LogP contribution >= 0.6 is 11.3 Å². The molecule has 1 saturated heterocycles. The molecule has 0 aliphatic carbocycles. The minimum atomic E-state index is -0.109. The monoisotopic (exact) mass is 406 g/mol. The number of nitrogens with zero attached hydrogens (tertiary/aromatic N) is 4. The summed E-state index contributed by atoms with van der Waals surface area (Å²) >= 11 is 1.60. The van der Waals surface area contributed by atoms with E-state index in [1.165, 1.54) is 0 Å². The second-order valence-electron chi connectivity index (χ2n) is 7.11. The van der Waals surface area contributed by atoms with Crippen molar-refractivity contribution in [1.82, 2.24) is 9.97 Å². The Kier molecular flexibility index (Phi) is 5.58. The van der Waals surface area contributed by atoms with Gasteiger partial charge in [0.2, 0.25) is 0 Å². The quantitative estimate of drug-likeness (QED) is 0.713. The molecule has 1 N–H and O–H groups in total. The molecule has 1 aliphatic rings. The van der Waals surface area contributed by atoms with Crippen molar-refractivity contribution in [3.05, 3.63) is 53.3 Å². The summed E-state index contributed by atoms with van der Waals surface area (Å²) in [6.45, 7) is 5.76. The Bertz CT molecular complexity index is 1050. The molecule has 3 aromatic rings. The maximum atomic E-state index is 9.78. The second-order valence-corrected chi connectivity index (χ2v) is 8.09. The molecular weight excluding hydrogens is 384 g/mol. The number of morpholine rings is 1. The molecule has 0 saturated carbocycles. The van der Waals surface area contributed by atoms with Gasteiger partial charge in [-0.2, -0.15) is 5.26 Å². The van der Waals surface area contributed by atoms with Crippen LogP contribution in [0.3, 0.4) is 0 Å². The fourth-order valence-electron chi connectivity index (χ4n) is 3.58. The number of thiazole rings is 1. The third-order valence-electron chi connectivity index (χ3n) is 4.91. The first-order valence-corrected chi connectivity index (χ1v) is 10.3. The van der Waals surface area contributed by atoms with E-state index in [1.54, 1.807) is 17.4 Å². The lowest BCUT2D eigenvalue weighted by molar-refractivity contribution is 0.0727. The van der Waals surface area contributed by atoms with E-state index in [4.69, 9.17) is 9.72 Å². The summed E-state index contributed by atoms with van der Waals surface area (Å²) < 4.78 is 5.52. The molecule has 148 valence electrons. The predicted molar refractivity (Wildman–Crippen MR) is 114 cm³/mol. The van der Waals surface area contributed by atoms with Crippen molar-refractivity contribution in [2.24, 2.45) is 0 Å². The van der Waals surface area contributed by atoms with Crippen LogP contribution in [0.1, 0.15) is 17.0 Å². The molecule has 1 aliphatic heterocycles. The number of hydrogen-bond donors (Lipinski definition) is 1. The molecule has 0 amide bonds. The summed E-state index contributed by atoms with van der Waals surface area (Å²) in [4.78, 5) is 12.6. The van der Waals surface area contributed by atoms with Gasteiger partial charge in [0.15, 0.2) is 5.13 Å². The number of anilines is 1. The number of aliphatic hydroxyl groups excluding tert-OH is 1. The van der Waals surface area contributed by atoms with E-state index in [0.29, 0.717) is 25.3 Å². The summed E-state index contributed by atoms with van der Waals surface area (Å²) in [6, 6.07) is 13.7. The molecular formula is C22H22N4O2S. The molecule has 1 atom stereocenters. The minimum absolute atomic E-state index is 0.0155. The van der Waals surface area contributed by atoms with Crippen molar-refractivity contribution in [1.29, 1.82) is 5.26 Å². The Hall–Kier alpha value is -2.79. The first-order valence-electron chi connectivity index (χ1n) is 9.51. The van der Waals surface area contributed by atoms with Crippen LogP contribution in [0.15, 0.2) is 36.4 Å². The van der Waals surface area contributed by atoms with Gasteiger partial charge in [-0.25, -0.2) is 4.98 Å². The van der Waals surface area contributed by atoms with Crippen LogP contribution in [-0.4, -0.2) is 47.5 Å². The molecule has 2 aromatic heterocycles. The zero-order valence-corrected chi connectivity index (χ0v) is 17.2. The number of aromatic nitrogens is 2. The van der Waals surface area contributed by atoms with Gasteiger partial charge in [-0.05, 0) is 43.7 Å². The molecule has 0 radical (unpaired) electrons. The summed E-state index contributed by atoms with van der Waals surface area (Å²) in [6.07, 6.45) is 0. The van der Waals surface area contributed by atoms with Gasteiger partial charge in [-0.3, -0.25) is 4.98 Å². The fraction of sp³-hybridized carbons (Fsp3) is 0.318. The number of aryl methyl sites for hydroxylation is 2. The van der Waals surface area contributed by atoms with Gasteiger partial charge >= 0.3 is 0 Å². The molecule has 6 nitrogen and oxygen atoms in total. The third-order valence-corrected chi connectivity index (χ3v) is 6.05. The van der Waals surface area contributed by atoms with Gasteiger partial charge in [0.1, 0.15) is 0 Å². The van der Waals surface area contributed by atoms with Crippen molar-refractivity contribution >= 4 is 16.5 Å². The van der Waals surface area contributed by atoms with Crippen LogP contribution in [0.4, 0.5) is 5.13 Å². The number of benzene rings is 1. The SMILES string of the molecule is Cc1cc(-c2sc(N3CCOC[C@@H]3CO)nc2-c2cccc(C#N)c2)cc(C)n1. The lowest BCUT2D eigenvalue weighted by Crippen LogP contribution is -2.47. The van der Waals surface area contributed by atoms with E-state index in [9.17, 15) is 10.4 Å². The number of pyridine rings is 1. The predicted octanol–water partition coefficient (Wildman–Crippen LogP) is 3.56. The Labute approximate surface area is 174 Å². The third kappa shape index (κ3) is 4.01. The van der Waals surface area contributed by atoms with Gasteiger partial charge in [-0.1, -0.05) is 23.5 Å². The molecule has 0 bridgehead atoms. The Morgan fingerprint density at radius 3 is 2.72 bits per heavy atom. The zero-order valence-electron chi connectivity index (χ0n) is 16.4. The molecule has 0 unspecified atom stereocenters. The molecule has 1 aromatic carbocycles. The molecule has 4 rings (SSSR count). The zero-order chi connectivity index (χ0) is 20.4. The number of nitriles is 1. The average Bonchev–Trinajstić information content (AvgIpc) is 3.18. The molecule has 29 heavy (non-hydrogen) atoms. The molecule has 0 spiro atoms. The van der Waals surface area contributed by atoms with Crippen LogP contribution < -0.4 is 4.90 Å². The summed E-state index contributed by atoms with van der Waals surface area (Å²) in [5.74, 6) is 0. The molecule has 3 heterocycles. The van der Waals surface area contributed by atoms with Gasteiger partial charge in [-0.15, -0.1) is 0 Å². The van der Waals surface area contributed by atoms with E-state index < -0.39 is 0 Å². The number of aliphatic hydroxyl groups is 1. The Morgan fingerprint density at radius 1 is 1.21 bits per heavy atom. The second kappa shape index (κ2) is 8.29.